The average molecular weight is 391 g/mol. The van der Waals surface area contributed by atoms with Gasteiger partial charge in [-0.15, -0.1) is 10.2 Å². The first-order valence-corrected chi connectivity index (χ1v) is 10.9. The molecule has 2 aromatic rings. The van der Waals surface area contributed by atoms with Crippen LogP contribution in [0.25, 0.3) is 0 Å². The minimum absolute atomic E-state index is 0.122. The monoisotopic (exact) mass is 390 g/mol. The first kappa shape index (κ1) is 19.2. The summed E-state index contributed by atoms with van der Waals surface area (Å²) < 4.78 is 0.848. The Morgan fingerprint density at radius 2 is 2.04 bits per heavy atom. The third kappa shape index (κ3) is 5.20. The van der Waals surface area contributed by atoms with Gasteiger partial charge in [0, 0.05) is 19.6 Å². The summed E-state index contributed by atoms with van der Waals surface area (Å²) in [4.78, 5) is 14.8. The summed E-state index contributed by atoms with van der Waals surface area (Å²) >= 11 is 3.02. The van der Waals surface area contributed by atoms with Gasteiger partial charge >= 0.3 is 0 Å². The Kier molecular flexibility index (Phi) is 6.91. The molecule has 1 aromatic heterocycles. The lowest BCUT2D eigenvalue weighted by Crippen LogP contribution is -2.42. The zero-order valence-corrected chi connectivity index (χ0v) is 17.0. The van der Waals surface area contributed by atoms with E-state index in [4.69, 9.17) is 0 Å². The van der Waals surface area contributed by atoms with Crippen LogP contribution in [0.15, 0.2) is 34.7 Å². The molecule has 1 amide bonds. The predicted molar refractivity (Wildman–Crippen MR) is 109 cm³/mol. The number of rotatable bonds is 7. The second-order valence-electron chi connectivity index (χ2n) is 6.62. The highest BCUT2D eigenvalue weighted by Crippen LogP contribution is 2.30. The lowest BCUT2D eigenvalue weighted by molar-refractivity contribution is -0.131. The van der Waals surface area contributed by atoms with Gasteiger partial charge in [-0.1, -0.05) is 53.4 Å². The van der Waals surface area contributed by atoms with E-state index in [1.165, 1.54) is 28.7 Å². The number of benzene rings is 1. The van der Waals surface area contributed by atoms with Crippen LogP contribution in [0, 0.1) is 5.92 Å². The first-order chi connectivity index (χ1) is 12.7. The van der Waals surface area contributed by atoms with Gasteiger partial charge in [0.1, 0.15) is 0 Å². The minimum atomic E-state index is -0.122. The van der Waals surface area contributed by atoms with Crippen molar-refractivity contribution in [1.82, 2.24) is 15.1 Å². The standard InChI is InChI=1S/C19H26N4OS2/c1-3-20-18-21-22-19(26-18)25-14(2)17(24)23-11-9-16(10-12-23)13-15-7-5-4-6-8-15/h4-8,14,16H,3,9-13H2,1-2H3,(H,20,21). The number of thioether (sulfide) groups is 1. The quantitative estimate of drug-likeness (QED) is 0.726. The molecule has 0 radical (unpaired) electrons. The zero-order chi connectivity index (χ0) is 18.4. The van der Waals surface area contributed by atoms with Gasteiger partial charge in [-0.2, -0.15) is 0 Å². The van der Waals surface area contributed by atoms with Crippen molar-refractivity contribution in [3.63, 3.8) is 0 Å². The van der Waals surface area contributed by atoms with E-state index in [9.17, 15) is 4.79 Å². The van der Waals surface area contributed by atoms with Crippen molar-refractivity contribution in [3.8, 4) is 0 Å². The molecule has 1 saturated heterocycles. The summed E-state index contributed by atoms with van der Waals surface area (Å²) in [5.41, 5.74) is 1.40. The van der Waals surface area contributed by atoms with Gasteiger partial charge in [-0.3, -0.25) is 4.79 Å². The summed E-state index contributed by atoms with van der Waals surface area (Å²) in [6.45, 7) is 6.55. The van der Waals surface area contributed by atoms with Crippen molar-refractivity contribution in [3.05, 3.63) is 35.9 Å². The smallest absolute Gasteiger partial charge is 0.235 e. The number of nitrogens with zero attached hydrogens (tertiary/aromatic N) is 3. The molecule has 5 nitrogen and oxygen atoms in total. The van der Waals surface area contributed by atoms with E-state index in [-0.39, 0.29) is 11.2 Å². The van der Waals surface area contributed by atoms with Gasteiger partial charge in [0.15, 0.2) is 4.34 Å². The number of nitrogens with one attached hydrogen (secondary N) is 1. The highest BCUT2D eigenvalue weighted by atomic mass is 32.2. The van der Waals surface area contributed by atoms with Crippen LogP contribution in [-0.2, 0) is 11.2 Å². The van der Waals surface area contributed by atoms with Crippen LogP contribution < -0.4 is 5.32 Å². The second kappa shape index (κ2) is 9.37. The maximum absolute atomic E-state index is 12.7. The molecule has 2 heterocycles. The molecule has 0 saturated carbocycles. The Labute approximate surface area is 163 Å². The average Bonchev–Trinajstić information content (AvgIpc) is 3.10. The maximum atomic E-state index is 12.7. The normalized spacial score (nSPS) is 16.5. The Bertz CT molecular complexity index is 699. The van der Waals surface area contributed by atoms with Gasteiger partial charge in [0.05, 0.1) is 5.25 Å². The number of piperidine rings is 1. The third-order valence-electron chi connectivity index (χ3n) is 4.65. The molecule has 1 atom stereocenters. The van der Waals surface area contributed by atoms with Crippen LogP contribution in [0.2, 0.25) is 0 Å². The molecule has 1 aliphatic rings. The maximum Gasteiger partial charge on any atom is 0.235 e. The lowest BCUT2D eigenvalue weighted by atomic mass is 9.90. The van der Waals surface area contributed by atoms with E-state index in [1.807, 2.05) is 18.7 Å². The molecule has 0 spiro atoms. The molecule has 26 heavy (non-hydrogen) atoms. The van der Waals surface area contributed by atoms with Gasteiger partial charge < -0.3 is 10.2 Å². The fourth-order valence-corrected chi connectivity index (χ4v) is 5.29. The molecule has 1 aliphatic heterocycles. The molecule has 140 valence electrons. The molecule has 1 fully saturated rings. The number of hydrogen-bond donors (Lipinski definition) is 1. The number of carbonyl (C=O) groups excluding carboxylic acids is 1. The van der Waals surface area contributed by atoms with Gasteiger partial charge in [0.25, 0.3) is 0 Å². The summed E-state index contributed by atoms with van der Waals surface area (Å²) in [7, 11) is 0. The molecule has 1 aromatic carbocycles. The fraction of sp³-hybridized carbons (Fsp3) is 0.526. The number of hydrogen-bond acceptors (Lipinski definition) is 6. The molecular formula is C19H26N4OS2. The topological polar surface area (TPSA) is 58.1 Å². The van der Waals surface area contributed by atoms with Crippen molar-refractivity contribution in [2.45, 2.75) is 42.7 Å². The summed E-state index contributed by atoms with van der Waals surface area (Å²) in [5.74, 6) is 0.892. The van der Waals surface area contributed by atoms with Crippen molar-refractivity contribution in [1.29, 1.82) is 0 Å². The fourth-order valence-electron chi connectivity index (χ4n) is 3.24. The van der Waals surface area contributed by atoms with Crippen LogP contribution in [0.4, 0.5) is 5.13 Å². The molecule has 0 bridgehead atoms. The zero-order valence-electron chi connectivity index (χ0n) is 15.4. The van der Waals surface area contributed by atoms with Crippen LogP contribution in [0.3, 0.4) is 0 Å². The second-order valence-corrected chi connectivity index (χ2v) is 9.19. The van der Waals surface area contributed by atoms with E-state index in [0.29, 0.717) is 5.92 Å². The van der Waals surface area contributed by atoms with E-state index < -0.39 is 0 Å². The first-order valence-electron chi connectivity index (χ1n) is 9.22. The van der Waals surface area contributed by atoms with E-state index in [1.54, 1.807) is 0 Å². The lowest BCUT2D eigenvalue weighted by Gasteiger charge is -2.33. The number of aromatic nitrogens is 2. The van der Waals surface area contributed by atoms with Gasteiger partial charge in [-0.25, -0.2) is 0 Å². The number of likely N-dealkylation sites (tertiary alicyclic amines) is 1. The Hall–Kier alpha value is -1.60. The molecule has 7 heteroatoms. The van der Waals surface area contributed by atoms with Crippen molar-refractivity contribution >= 4 is 34.1 Å². The minimum Gasteiger partial charge on any atom is -0.360 e. The molecule has 1 N–H and O–H groups in total. The Balaban J connectivity index is 1.46. The number of anilines is 1. The molecule has 0 aliphatic carbocycles. The Morgan fingerprint density at radius 3 is 2.73 bits per heavy atom. The van der Waals surface area contributed by atoms with E-state index in [2.05, 4.69) is 45.8 Å². The van der Waals surface area contributed by atoms with Crippen LogP contribution >= 0.6 is 23.1 Å². The molecule has 3 rings (SSSR count). The predicted octanol–water partition coefficient (Wildman–Crippen LogP) is 3.93. The summed E-state index contributed by atoms with van der Waals surface area (Å²) in [6, 6.07) is 10.6. The highest BCUT2D eigenvalue weighted by Gasteiger charge is 2.27. The number of amides is 1. The number of carbonyl (C=O) groups is 1. The van der Waals surface area contributed by atoms with Crippen LogP contribution in [0.5, 0.6) is 0 Å². The van der Waals surface area contributed by atoms with Crippen LogP contribution in [0.1, 0.15) is 32.3 Å². The van der Waals surface area contributed by atoms with Crippen molar-refractivity contribution < 1.29 is 4.79 Å². The van der Waals surface area contributed by atoms with E-state index >= 15 is 0 Å². The molecular weight excluding hydrogens is 364 g/mol. The molecule has 1 unspecified atom stereocenters. The summed E-state index contributed by atoms with van der Waals surface area (Å²) in [5, 5.41) is 12.1. The summed E-state index contributed by atoms with van der Waals surface area (Å²) in [6.07, 6.45) is 3.29. The third-order valence-corrected chi connectivity index (χ3v) is 6.71. The van der Waals surface area contributed by atoms with E-state index in [0.717, 1.165) is 48.4 Å². The largest absolute Gasteiger partial charge is 0.360 e. The van der Waals surface area contributed by atoms with Gasteiger partial charge in [-0.05, 0) is 44.6 Å². The van der Waals surface area contributed by atoms with Crippen molar-refractivity contribution in [2.24, 2.45) is 5.92 Å². The highest BCUT2D eigenvalue weighted by molar-refractivity contribution is 8.02. The van der Waals surface area contributed by atoms with Gasteiger partial charge in [0.2, 0.25) is 11.0 Å². The SMILES string of the molecule is CCNc1nnc(SC(C)C(=O)N2CCC(Cc3ccccc3)CC2)s1. The Morgan fingerprint density at radius 1 is 1.31 bits per heavy atom. The van der Waals surface area contributed by atoms with Crippen LogP contribution in [-0.4, -0.2) is 45.9 Å². The van der Waals surface area contributed by atoms with Crippen molar-refractivity contribution in [2.75, 3.05) is 25.0 Å².